The molecule has 1 aliphatic carbocycles. The Hall–Kier alpha value is -2.16. The molecule has 0 aliphatic heterocycles. The molecule has 1 heterocycles. The third kappa shape index (κ3) is 2.76. The maximum Gasteiger partial charge on any atom is 0.213 e. The maximum absolute atomic E-state index is 14.2. The maximum atomic E-state index is 14.2. The minimum Gasteiger partial charge on any atom is -0.481 e. The fourth-order valence-electron chi connectivity index (χ4n) is 3.02. The van der Waals surface area contributed by atoms with Crippen LogP contribution in [0.25, 0.3) is 17.2 Å². The molecule has 0 amide bonds. The highest BCUT2D eigenvalue weighted by atomic mass is 19.1. The lowest BCUT2D eigenvalue weighted by atomic mass is 9.87. The van der Waals surface area contributed by atoms with Crippen molar-refractivity contribution in [2.24, 2.45) is 5.92 Å². The predicted molar refractivity (Wildman–Crippen MR) is 87.4 cm³/mol. The molecular weight excluding hydrogens is 277 g/mol. The number of aromatic nitrogens is 1. The molecule has 1 saturated carbocycles. The molecule has 1 aromatic heterocycles. The van der Waals surface area contributed by atoms with E-state index in [1.165, 1.54) is 12.8 Å². The van der Waals surface area contributed by atoms with Crippen LogP contribution >= 0.6 is 0 Å². The van der Waals surface area contributed by atoms with Crippen molar-refractivity contribution in [3.05, 3.63) is 54.0 Å². The van der Waals surface area contributed by atoms with Gasteiger partial charge in [0.25, 0.3) is 0 Å². The van der Waals surface area contributed by atoms with Crippen molar-refractivity contribution in [2.75, 3.05) is 7.11 Å². The third-order valence-corrected chi connectivity index (χ3v) is 4.46. The SMILES string of the molecule is C=Cc1c(-c2ccnc(OC)c2)cc(F)cc1C(C)C1CC1. The average Bonchev–Trinajstić information content (AvgIpc) is 3.38. The second-order valence-corrected chi connectivity index (χ2v) is 5.87. The van der Waals surface area contributed by atoms with E-state index < -0.39 is 0 Å². The quantitative estimate of drug-likeness (QED) is 0.770. The number of benzene rings is 1. The lowest BCUT2D eigenvalue weighted by Gasteiger charge is -2.18. The summed E-state index contributed by atoms with van der Waals surface area (Å²) in [6.07, 6.45) is 5.96. The second-order valence-electron chi connectivity index (χ2n) is 5.87. The molecule has 3 rings (SSSR count). The summed E-state index contributed by atoms with van der Waals surface area (Å²) < 4.78 is 19.4. The molecule has 3 heteroatoms. The molecule has 114 valence electrons. The molecule has 2 aromatic rings. The topological polar surface area (TPSA) is 22.1 Å². The number of rotatable bonds is 5. The summed E-state index contributed by atoms with van der Waals surface area (Å²) in [6, 6.07) is 6.92. The van der Waals surface area contributed by atoms with Gasteiger partial charge in [0.2, 0.25) is 5.88 Å². The van der Waals surface area contributed by atoms with Gasteiger partial charge in [0, 0.05) is 12.3 Å². The Bertz CT molecular complexity index is 707. The van der Waals surface area contributed by atoms with E-state index in [4.69, 9.17) is 4.74 Å². The van der Waals surface area contributed by atoms with E-state index in [2.05, 4.69) is 18.5 Å². The van der Waals surface area contributed by atoms with Gasteiger partial charge < -0.3 is 4.74 Å². The van der Waals surface area contributed by atoms with Gasteiger partial charge in [0.15, 0.2) is 0 Å². The largest absolute Gasteiger partial charge is 0.481 e. The molecule has 1 atom stereocenters. The summed E-state index contributed by atoms with van der Waals surface area (Å²) in [5, 5.41) is 0. The lowest BCUT2D eigenvalue weighted by Crippen LogP contribution is -2.02. The molecule has 1 unspecified atom stereocenters. The number of nitrogens with zero attached hydrogens (tertiary/aromatic N) is 1. The van der Waals surface area contributed by atoms with E-state index in [9.17, 15) is 4.39 Å². The van der Waals surface area contributed by atoms with Crippen molar-refractivity contribution in [1.29, 1.82) is 0 Å². The minimum absolute atomic E-state index is 0.209. The summed E-state index contributed by atoms with van der Waals surface area (Å²) in [5.74, 6) is 1.33. The Balaban J connectivity index is 2.15. The summed E-state index contributed by atoms with van der Waals surface area (Å²) in [4.78, 5) is 4.12. The molecule has 2 nitrogen and oxygen atoms in total. The highest BCUT2D eigenvalue weighted by Gasteiger charge is 2.30. The van der Waals surface area contributed by atoms with Gasteiger partial charge in [0.1, 0.15) is 5.82 Å². The van der Waals surface area contributed by atoms with Gasteiger partial charge in [-0.3, -0.25) is 0 Å². The molecule has 22 heavy (non-hydrogen) atoms. The number of halogens is 1. The zero-order chi connectivity index (χ0) is 15.7. The first-order valence-electron chi connectivity index (χ1n) is 7.60. The van der Waals surface area contributed by atoms with Crippen molar-refractivity contribution in [2.45, 2.75) is 25.7 Å². The molecule has 1 aliphatic rings. The van der Waals surface area contributed by atoms with Crippen LogP contribution in [0.4, 0.5) is 4.39 Å². The van der Waals surface area contributed by atoms with Gasteiger partial charge in [-0.2, -0.15) is 0 Å². The average molecular weight is 297 g/mol. The Morgan fingerprint density at radius 3 is 2.77 bits per heavy atom. The van der Waals surface area contributed by atoms with Crippen LogP contribution in [0.2, 0.25) is 0 Å². The number of ether oxygens (including phenoxy) is 1. The van der Waals surface area contributed by atoms with Crippen molar-refractivity contribution in [1.82, 2.24) is 4.98 Å². The van der Waals surface area contributed by atoms with E-state index in [1.807, 2.05) is 18.2 Å². The van der Waals surface area contributed by atoms with E-state index in [1.54, 1.807) is 25.4 Å². The number of hydrogen-bond donors (Lipinski definition) is 0. The monoisotopic (exact) mass is 297 g/mol. The molecule has 0 saturated heterocycles. The van der Waals surface area contributed by atoms with Crippen LogP contribution in [0.1, 0.15) is 36.8 Å². The Morgan fingerprint density at radius 1 is 1.36 bits per heavy atom. The van der Waals surface area contributed by atoms with Crippen LogP contribution in [0.3, 0.4) is 0 Å². The van der Waals surface area contributed by atoms with Crippen LogP contribution in [0, 0.1) is 11.7 Å². The first kappa shape index (κ1) is 14.8. The number of methoxy groups -OCH3 is 1. The summed E-state index contributed by atoms with van der Waals surface area (Å²) in [6.45, 7) is 6.12. The zero-order valence-corrected chi connectivity index (χ0v) is 13.0. The molecule has 0 bridgehead atoms. The van der Waals surface area contributed by atoms with Crippen molar-refractivity contribution < 1.29 is 9.13 Å². The van der Waals surface area contributed by atoms with Gasteiger partial charge in [0.05, 0.1) is 7.11 Å². The zero-order valence-electron chi connectivity index (χ0n) is 13.0. The predicted octanol–water partition coefficient (Wildman–Crippen LogP) is 5.05. The first-order valence-corrected chi connectivity index (χ1v) is 7.60. The van der Waals surface area contributed by atoms with E-state index in [0.717, 1.165) is 22.3 Å². The highest BCUT2D eigenvalue weighted by molar-refractivity contribution is 5.77. The van der Waals surface area contributed by atoms with Crippen LogP contribution in [-0.2, 0) is 0 Å². The molecule has 1 aromatic carbocycles. The molecule has 0 N–H and O–H groups in total. The van der Waals surface area contributed by atoms with Crippen LogP contribution < -0.4 is 4.74 Å². The van der Waals surface area contributed by atoms with Crippen LogP contribution in [-0.4, -0.2) is 12.1 Å². The Labute approximate surface area is 130 Å². The first-order chi connectivity index (χ1) is 10.6. The van der Waals surface area contributed by atoms with Gasteiger partial charge in [-0.15, -0.1) is 0 Å². The van der Waals surface area contributed by atoms with E-state index in [0.29, 0.717) is 17.7 Å². The second kappa shape index (κ2) is 5.91. The molecule has 1 fully saturated rings. The van der Waals surface area contributed by atoms with Crippen molar-refractivity contribution in [3.63, 3.8) is 0 Å². The fourth-order valence-corrected chi connectivity index (χ4v) is 3.02. The van der Waals surface area contributed by atoms with E-state index in [-0.39, 0.29) is 5.82 Å². The summed E-state index contributed by atoms with van der Waals surface area (Å²) in [7, 11) is 1.58. The standard InChI is InChI=1S/C19H20FNO/c1-4-16-17(12(2)13-5-6-13)10-15(20)11-18(16)14-7-8-21-19(9-14)22-3/h4,7-13H,1,5-6H2,2-3H3. The lowest BCUT2D eigenvalue weighted by molar-refractivity contribution is 0.398. The molecule has 0 spiro atoms. The molecule has 0 radical (unpaired) electrons. The number of pyridine rings is 1. The number of hydrogen-bond acceptors (Lipinski definition) is 2. The third-order valence-electron chi connectivity index (χ3n) is 4.46. The normalized spacial score (nSPS) is 15.4. The summed E-state index contributed by atoms with van der Waals surface area (Å²) >= 11 is 0. The minimum atomic E-state index is -0.209. The molecular formula is C19H20FNO. The van der Waals surface area contributed by atoms with Crippen LogP contribution in [0.5, 0.6) is 5.88 Å². The smallest absolute Gasteiger partial charge is 0.213 e. The Morgan fingerprint density at radius 2 is 2.14 bits per heavy atom. The van der Waals surface area contributed by atoms with Gasteiger partial charge >= 0.3 is 0 Å². The summed E-state index contributed by atoms with van der Waals surface area (Å²) in [5.41, 5.74) is 3.79. The van der Waals surface area contributed by atoms with Gasteiger partial charge in [-0.05, 0) is 65.1 Å². The van der Waals surface area contributed by atoms with E-state index >= 15 is 0 Å². The van der Waals surface area contributed by atoms with Crippen molar-refractivity contribution in [3.8, 4) is 17.0 Å². The van der Waals surface area contributed by atoms with Gasteiger partial charge in [-0.1, -0.05) is 19.6 Å². The highest BCUT2D eigenvalue weighted by Crippen LogP contribution is 2.45. The van der Waals surface area contributed by atoms with Crippen molar-refractivity contribution >= 4 is 6.08 Å². The Kier molecular flexibility index (Phi) is 3.97. The van der Waals surface area contributed by atoms with Gasteiger partial charge in [-0.25, -0.2) is 9.37 Å². The fraction of sp³-hybridized carbons (Fsp3) is 0.316. The van der Waals surface area contributed by atoms with Crippen LogP contribution in [0.15, 0.2) is 37.0 Å².